The van der Waals surface area contributed by atoms with Gasteiger partial charge < -0.3 is 9.47 Å². The van der Waals surface area contributed by atoms with Crippen molar-refractivity contribution in [1.82, 2.24) is 19.6 Å². The molecule has 0 unspecified atom stereocenters. The molecular weight excluding hydrogens is 320 g/mol. The van der Waals surface area contributed by atoms with Crippen molar-refractivity contribution < 1.29 is 17.9 Å². The van der Waals surface area contributed by atoms with E-state index >= 15 is 0 Å². The van der Waals surface area contributed by atoms with Crippen molar-refractivity contribution in [1.29, 1.82) is 0 Å². The lowest BCUT2D eigenvalue weighted by Crippen LogP contribution is -2.00. The Balaban J connectivity index is 1.77. The number of nitrogens with zero attached hydrogens (tertiary/aromatic N) is 4. The van der Waals surface area contributed by atoms with E-state index in [0.29, 0.717) is 12.5 Å². The van der Waals surface area contributed by atoms with Crippen LogP contribution in [0.2, 0.25) is 0 Å². The van der Waals surface area contributed by atoms with Crippen LogP contribution in [-0.4, -0.2) is 41.4 Å². The number of aromatic nitrogens is 4. The monoisotopic (exact) mass is 334 g/mol. The molecule has 0 aliphatic rings. The maximum atomic E-state index is 11.4. The lowest BCUT2D eigenvalue weighted by atomic mass is 10.2. The van der Waals surface area contributed by atoms with E-state index in [2.05, 4.69) is 15.1 Å². The highest BCUT2D eigenvalue weighted by atomic mass is 32.2. The van der Waals surface area contributed by atoms with Gasteiger partial charge in [0.25, 0.3) is 10.9 Å². The van der Waals surface area contributed by atoms with Crippen molar-refractivity contribution in [3.8, 4) is 11.6 Å². The topological polar surface area (TPSA) is 95.7 Å². The molecule has 2 aromatic heterocycles. The van der Waals surface area contributed by atoms with E-state index in [4.69, 9.17) is 9.47 Å². The van der Waals surface area contributed by atoms with Gasteiger partial charge in [0.15, 0.2) is 0 Å². The Morgan fingerprint density at radius 3 is 2.52 bits per heavy atom. The van der Waals surface area contributed by atoms with Gasteiger partial charge in [-0.2, -0.15) is 9.97 Å². The van der Waals surface area contributed by atoms with Gasteiger partial charge in [-0.25, -0.2) is 12.9 Å². The summed E-state index contributed by atoms with van der Waals surface area (Å²) in [4.78, 5) is 8.01. The first-order valence-corrected chi connectivity index (χ1v) is 8.54. The van der Waals surface area contributed by atoms with Crippen molar-refractivity contribution in [2.24, 2.45) is 0 Å². The molecule has 0 N–H and O–H groups in total. The van der Waals surface area contributed by atoms with Gasteiger partial charge in [-0.05, 0) is 17.7 Å². The van der Waals surface area contributed by atoms with Crippen LogP contribution in [0.5, 0.6) is 11.6 Å². The quantitative estimate of drug-likeness (QED) is 0.689. The number of fused-ring (bicyclic) bond motifs is 1. The number of methoxy groups -OCH3 is 1. The molecule has 0 amide bonds. The molecule has 0 spiro atoms. The molecule has 1 aromatic carbocycles. The number of benzene rings is 1. The van der Waals surface area contributed by atoms with E-state index < -0.39 is 9.84 Å². The van der Waals surface area contributed by atoms with Crippen molar-refractivity contribution in [2.75, 3.05) is 13.4 Å². The standard InChI is InChI=1S/C14H14N4O4S/c1-21-11-5-3-10(4-6-11)9-22-12-7-8-18-13(15-12)16-14(17-18)23(2,19)20/h3-8H,9H2,1-2H3. The van der Waals surface area contributed by atoms with E-state index in [-0.39, 0.29) is 10.9 Å². The van der Waals surface area contributed by atoms with Gasteiger partial charge in [-0.1, -0.05) is 12.1 Å². The van der Waals surface area contributed by atoms with Crippen LogP contribution in [0.3, 0.4) is 0 Å². The fourth-order valence-electron chi connectivity index (χ4n) is 1.86. The summed E-state index contributed by atoms with van der Waals surface area (Å²) in [5, 5.41) is 3.58. The average molecular weight is 334 g/mol. The van der Waals surface area contributed by atoms with Gasteiger partial charge in [-0.3, -0.25) is 0 Å². The van der Waals surface area contributed by atoms with Crippen LogP contribution in [0.25, 0.3) is 5.78 Å². The molecule has 0 aliphatic heterocycles. The summed E-state index contributed by atoms with van der Waals surface area (Å²) in [6.45, 7) is 0.320. The Bertz CT molecular complexity index is 935. The molecule has 0 radical (unpaired) electrons. The molecule has 0 saturated carbocycles. The van der Waals surface area contributed by atoms with Crippen LogP contribution in [0, 0.1) is 0 Å². The third-order valence-electron chi connectivity index (χ3n) is 3.04. The van der Waals surface area contributed by atoms with Crippen molar-refractivity contribution in [3.05, 3.63) is 42.1 Å². The zero-order valence-electron chi connectivity index (χ0n) is 12.5. The molecule has 0 atom stereocenters. The Morgan fingerprint density at radius 1 is 1.13 bits per heavy atom. The van der Waals surface area contributed by atoms with Crippen molar-refractivity contribution in [2.45, 2.75) is 11.8 Å². The molecule has 8 nitrogen and oxygen atoms in total. The summed E-state index contributed by atoms with van der Waals surface area (Å²) in [6.07, 6.45) is 2.59. The van der Waals surface area contributed by atoms with Crippen LogP contribution in [0.4, 0.5) is 0 Å². The number of hydrogen-bond donors (Lipinski definition) is 0. The van der Waals surface area contributed by atoms with E-state index in [0.717, 1.165) is 17.6 Å². The van der Waals surface area contributed by atoms with Gasteiger partial charge in [0, 0.05) is 18.5 Å². The van der Waals surface area contributed by atoms with Gasteiger partial charge >= 0.3 is 0 Å². The number of sulfone groups is 1. The number of hydrogen-bond acceptors (Lipinski definition) is 7. The third-order valence-corrected chi connectivity index (χ3v) is 3.88. The van der Waals surface area contributed by atoms with Crippen LogP contribution >= 0.6 is 0 Å². The highest BCUT2D eigenvalue weighted by Crippen LogP contribution is 2.15. The zero-order valence-corrected chi connectivity index (χ0v) is 13.3. The smallest absolute Gasteiger partial charge is 0.268 e. The Hall–Kier alpha value is -2.68. The highest BCUT2D eigenvalue weighted by Gasteiger charge is 2.15. The van der Waals surface area contributed by atoms with E-state index in [1.807, 2.05) is 24.3 Å². The minimum Gasteiger partial charge on any atom is -0.497 e. The average Bonchev–Trinajstić information content (AvgIpc) is 2.97. The second-order valence-electron chi connectivity index (χ2n) is 4.81. The molecular formula is C14H14N4O4S. The first kappa shape index (κ1) is 15.2. The fraction of sp³-hybridized carbons (Fsp3) is 0.214. The van der Waals surface area contributed by atoms with E-state index in [9.17, 15) is 8.42 Å². The van der Waals surface area contributed by atoms with Crippen LogP contribution in [0.15, 0.2) is 41.7 Å². The molecule has 2 heterocycles. The summed E-state index contributed by atoms with van der Waals surface area (Å²) in [5.41, 5.74) is 0.950. The molecule has 120 valence electrons. The second-order valence-corrected chi connectivity index (χ2v) is 6.72. The Morgan fingerprint density at radius 2 is 1.87 bits per heavy atom. The molecule has 3 aromatic rings. The molecule has 0 bridgehead atoms. The van der Waals surface area contributed by atoms with Crippen LogP contribution in [-0.2, 0) is 16.4 Å². The van der Waals surface area contributed by atoms with Gasteiger partial charge in [0.1, 0.15) is 12.4 Å². The third kappa shape index (κ3) is 3.39. The highest BCUT2D eigenvalue weighted by molar-refractivity contribution is 7.90. The first-order valence-electron chi connectivity index (χ1n) is 6.65. The molecule has 0 fully saturated rings. The predicted molar refractivity (Wildman–Crippen MR) is 81.2 cm³/mol. The predicted octanol–water partition coefficient (Wildman–Crippen LogP) is 1.12. The molecule has 3 rings (SSSR count). The van der Waals surface area contributed by atoms with E-state index in [1.54, 1.807) is 19.4 Å². The fourth-order valence-corrected chi connectivity index (χ4v) is 2.34. The summed E-state index contributed by atoms with van der Waals surface area (Å²) < 4.78 is 34.8. The first-order chi connectivity index (χ1) is 11.0. The van der Waals surface area contributed by atoms with Crippen LogP contribution < -0.4 is 9.47 Å². The molecule has 0 aliphatic carbocycles. The van der Waals surface area contributed by atoms with Crippen molar-refractivity contribution >= 4 is 15.6 Å². The van der Waals surface area contributed by atoms with Crippen LogP contribution in [0.1, 0.15) is 5.56 Å². The summed E-state index contributed by atoms with van der Waals surface area (Å²) >= 11 is 0. The lowest BCUT2D eigenvalue weighted by molar-refractivity contribution is 0.293. The number of ether oxygens (including phenoxy) is 2. The SMILES string of the molecule is COc1ccc(COc2ccn3nc(S(C)(=O)=O)nc3n2)cc1. The van der Waals surface area contributed by atoms with Gasteiger partial charge in [-0.15, -0.1) is 5.10 Å². The maximum Gasteiger partial charge on any atom is 0.268 e. The lowest BCUT2D eigenvalue weighted by Gasteiger charge is -2.06. The molecule has 9 heteroatoms. The van der Waals surface area contributed by atoms with Gasteiger partial charge in [0.2, 0.25) is 15.7 Å². The van der Waals surface area contributed by atoms with E-state index in [1.165, 1.54) is 4.52 Å². The normalized spacial score (nSPS) is 11.6. The molecule has 0 saturated heterocycles. The summed E-state index contributed by atoms with van der Waals surface area (Å²) in [6, 6.07) is 9.04. The van der Waals surface area contributed by atoms with Gasteiger partial charge in [0.05, 0.1) is 7.11 Å². The minimum absolute atomic E-state index is 0.164. The summed E-state index contributed by atoms with van der Waals surface area (Å²) in [7, 11) is -1.87. The Kier molecular flexibility index (Phi) is 3.87. The number of rotatable bonds is 5. The maximum absolute atomic E-state index is 11.4. The molecule has 23 heavy (non-hydrogen) atoms. The Labute approximate surface area is 132 Å². The minimum atomic E-state index is -3.48. The summed E-state index contributed by atoms with van der Waals surface area (Å²) in [5.74, 6) is 1.27. The second kappa shape index (κ2) is 5.84. The zero-order chi connectivity index (χ0) is 16.4. The van der Waals surface area contributed by atoms with Crippen molar-refractivity contribution in [3.63, 3.8) is 0 Å². The largest absolute Gasteiger partial charge is 0.497 e.